The van der Waals surface area contributed by atoms with E-state index in [2.05, 4.69) is 11.8 Å². The molecule has 0 N–H and O–H groups in total. The van der Waals surface area contributed by atoms with Gasteiger partial charge in [0.15, 0.2) is 0 Å². The molecule has 1 saturated carbocycles. The van der Waals surface area contributed by atoms with Gasteiger partial charge in [0.05, 0.1) is 6.61 Å². The van der Waals surface area contributed by atoms with Crippen molar-refractivity contribution in [2.24, 2.45) is 5.92 Å². The smallest absolute Gasteiger partial charge is 0.331 e. The Morgan fingerprint density at radius 3 is 2.80 bits per heavy atom. The van der Waals surface area contributed by atoms with Gasteiger partial charge in [0, 0.05) is 12.0 Å². The van der Waals surface area contributed by atoms with Crippen molar-refractivity contribution >= 4 is 5.97 Å². The van der Waals surface area contributed by atoms with Crippen LogP contribution in [0.25, 0.3) is 0 Å². The third kappa shape index (κ3) is 5.27. The number of carbonyl (C=O) groups excluding carboxylic acids is 1. The monoisotopic (exact) mass is 206 g/mol. The number of rotatable bonds is 2. The second-order valence-electron chi connectivity index (χ2n) is 3.71. The van der Waals surface area contributed by atoms with Gasteiger partial charge in [0.1, 0.15) is 0 Å². The topological polar surface area (TPSA) is 26.3 Å². The van der Waals surface area contributed by atoms with Gasteiger partial charge in [-0.05, 0) is 25.8 Å². The molecule has 82 valence electrons. The molecule has 0 amide bonds. The van der Waals surface area contributed by atoms with Gasteiger partial charge >= 0.3 is 5.97 Å². The van der Waals surface area contributed by atoms with Crippen molar-refractivity contribution in [3.63, 3.8) is 0 Å². The van der Waals surface area contributed by atoms with Gasteiger partial charge in [-0.2, -0.15) is 0 Å². The molecule has 2 heteroatoms. The lowest BCUT2D eigenvalue weighted by Gasteiger charge is -2.15. The van der Waals surface area contributed by atoms with Crippen LogP contribution in [0, 0.1) is 17.8 Å². The maximum atomic E-state index is 10.9. The SMILES string of the molecule is CCOC(=O)/C=C/C#CC1CCCCC1. The average Bonchev–Trinajstić information content (AvgIpc) is 2.26. The third-order valence-electron chi connectivity index (χ3n) is 2.48. The summed E-state index contributed by atoms with van der Waals surface area (Å²) in [6, 6.07) is 0. The Bertz CT molecular complexity index is 275. The second-order valence-corrected chi connectivity index (χ2v) is 3.71. The Balaban J connectivity index is 2.28. The van der Waals surface area contributed by atoms with Crippen molar-refractivity contribution in [2.75, 3.05) is 6.61 Å². The van der Waals surface area contributed by atoms with Crippen LogP contribution >= 0.6 is 0 Å². The largest absolute Gasteiger partial charge is 0.463 e. The molecule has 0 atom stereocenters. The molecule has 0 aliphatic heterocycles. The number of hydrogen-bond donors (Lipinski definition) is 0. The van der Waals surface area contributed by atoms with Crippen LogP contribution in [0.4, 0.5) is 0 Å². The van der Waals surface area contributed by atoms with Gasteiger partial charge in [-0.3, -0.25) is 0 Å². The molecule has 0 aromatic rings. The molecular formula is C13H18O2. The van der Waals surface area contributed by atoms with Crippen LogP contribution in [-0.2, 0) is 9.53 Å². The van der Waals surface area contributed by atoms with Gasteiger partial charge in [0.2, 0.25) is 0 Å². The Labute approximate surface area is 91.7 Å². The molecule has 0 radical (unpaired) electrons. The van der Waals surface area contributed by atoms with Crippen LogP contribution in [0.1, 0.15) is 39.0 Å². The fourth-order valence-electron chi connectivity index (χ4n) is 1.71. The first kappa shape index (κ1) is 11.8. The summed E-state index contributed by atoms with van der Waals surface area (Å²) in [5.74, 6) is 6.31. The van der Waals surface area contributed by atoms with Crippen LogP contribution in [-0.4, -0.2) is 12.6 Å². The van der Waals surface area contributed by atoms with Crippen LogP contribution in [0.15, 0.2) is 12.2 Å². The number of allylic oxidation sites excluding steroid dienone is 1. The van der Waals surface area contributed by atoms with Crippen LogP contribution in [0.2, 0.25) is 0 Å². The molecule has 0 bridgehead atoms. The van der Waals surface area contributed by atoms with Gasteiger partial charge in [-0.15, -0.1) is 0 Å². The lowest BCUT2D eigenvalue weighted by Crippen LogP contribution is -2.02. The predicted octanol–water partition coefficient (Wildman–Crippen LogP) is 2.69. The summed E-state index contributed by atoms with van der Waals surface area (Å²) in [4.78, 5) is 10.9. The van der Waals surface area contributed by atoms with E-state index in [-0.39, 0.29) is 5.97 Å². The van der Waals surface area contributed by atoms with E-state index in [0.29, 0.717) is 12.5 Å². The molecule has 1 aliphatic carbocycles. The summed E-state index contributed by atoms with van der Waals surface area (Å²) in [5.41, 5.74) is 0. The lowest BCUT2D eigenvalue weighted by atomic mass is 9.90. The molecular weight excluding hydrogens is 188 g/mol. The Kier molecular flexibility index (Phi) is 5.62. The van der Waals surface area contributed by atoms with Crippen molar-refractivity contribution in [1.82, 2.24) is 0 Å². The van der Waals surface area contributed by atoms with Crippen molar-refractivity contribution in [2.45, 2.75) is 39.0 Å². The zero-order valence-electron chi connectivity index (χ0n) is 9.29. The zero-order valence-corrected chi connectivity index (χ0v) is 9.29. The first-order valence-corrected chi connectivity index (χ1v) is 5.67. The molecule has 0 spiro atoms. The summed E-state index contributed by atoms with van der Waals surface area (Å²) in [5, 5.41) is 0. The highest BCUT2D eigenvalue weighted by Crippen LogP contribution is 2.22. The zero-order chi connectivity index (χ0) is 10.9. The standard InChI is InChI=1S/C13H18O2/c1-2-15-13(14)11-7-6-10-12-8-4-3-5-9-12/h7,11-12H,2-5,8-9H2,1H3/b11-7+. The molecule has 15 heavy (non-hydrogen) atoms. The summed E-state index contributed by atoms with van der Waals surface area (Å²) in [6.07, 6.45) is 9.32. The maximum absolute atomic E-state index is 10.9. The molecule has 1 fully saturated rings. The third-order valence-corrected chi connectivity index (χ3v) is 2.48. The molecule has 1 rings (SSSR count). The minimum atomic E-state index is -0.310. The number of esters is 1. The summed E-state index contributed by atoms with van der Waals surface area (Å²) >= 11 is 0. The normalized spacial score (nSPS) is 17.1. The van der Waals surface area contributed by atoms with Gasteiger partial charge in [0.25, 0.3) is 0 Å². The van der Waals surface area contributed by atoms with Crippen molar-refractivity contribution in [3.05, 3.63) is 12.2 Å². The highest BCUT2D eigenvalue weighted by molar-refractivity contribution is 5.82. The van der Waals surface area contributed by atoms with Gasteiger partial charge < -0.3 is 4.74 Å². The fourth-order valence-corrected chi connectivity index (χ4v) is 1.71. The molecule has 1 aliphatic rings. The van der Waals surface area contributed by atoms with E-state index < -0.39 is 0 Å². The van der Waals surface area contributed by atoms with E-state index in [0.717, 1.165) is 0 Å². The van der Waals surface area contributed by atoms with E-state index in [1.807, 2.05) is 0 Å². The number of ether oxygens (including phenoxy) is 1. The first-order valence-electron chi connectivity index (χ1n) is 5.67. The minimum absolute atomic E-state index is 0.310. The molecule has 0 unspecified atom stereocenters. The number of carbonyl (C=O) groups is 1. The minimum Gasteiger partial charge on any atom is -0.463 e. The quantitative estimate of drug-likeness (QED) is 0.394. The summed E-state index contributed by atoms with van der Waals surface area (Å²) < 4.78 is 4.74. The van der Waals surface area contributed by atoms with Crippen molar-refractivity contribution in [3.8, 4) is 11.8 Å². The average molecular weight is 206 g/mol. The predicted molar refractivity (Wildman–Crippen MR) is 60.1 cm³/mol. The van der Waals surface area contributed by atoms with Gasteiger partial charge in [-0.25, -0.2) is 4.79 Å². The molecule has 2 nitrogen and oxygen atoms in total. The summed E-state index contributed by atoms with van der Waals surface area (Å²) in [6.45, 7) is 2.21. The number of hydrogen-bond acceptors (Lipinski definition) is 2. The van der Waals surface area contributed by atoms with E-state index in [9.17, 15) is 4.79 Å². The second kappa shape index (κ2) is 7.11. The first-order chi connectivity index (χ1) is 7.33. The van der Waals surface area contributed by atoms with Crippen molar-refractivity contribution in [1.29, 1.82) is 0 Å². The molecule has 0 saturated heterocycles. The fraction of sp³-hybridized carbons (Fsp3) is 0.615. The Morgan fingerprint density at radius 2 is 2.13 bits per heavy atom. The lowest BCUT2D eigenvalue weighted by molar-refractivity contribution is -0.137. The summed E-state index contributed by atoms with van der Waals surface area (Å²) in [7, 11) is 0. The van der Waals surface area contributed by atoms with Gasteiger partial charge in [-0.1, -0.05) is 31.1 Å². The maximum Gasteiger partial charge on any atom is 0.331 e. The van der Waals surface area contributed by atoms with E-state index in [1.165, 1.54) is 38.2 Å². The van der Waals surface area contributed by atoms with E-state index in [4.69, 9.17) is 4.74 Å². The van der Waals surface area contributed by atoms with Crippen LogP contribution < -0.4 is 0 Å². The van der Waals surface area contributed by atoms with Crippen LogP contribution in [0.3, 0.4) is 0 Å². The van der Waals surface area contributed by atoms with Crippen LogP contribution in [0.5, 0.6) is 0 Å². The highest BCUT2D eigenvalue weighted by atomic mass is 16.5. The van der Waals surface area contributed by atoms with E-state index >= 15 is 0 Å². The molecule has 0 heterocycles. The Hall–Kier alpha value is -1.23. The van der Waals surface area contributed by atoms with E-state index in [1.54, 1.807) is 13.0 Å². The molecule has 0 aromatic heterocycles. The Morgan fingerprint density at radius 1 is 1.40 bits per heavy atom. The molecule has 0 aromatic carbocycles. The highest BCUT2D eigenvalue weighted by Gasteiger charge is 2.09. The van der Waals surface area contributed by atoms with Crippen molar-refractivity contribution < 1.29 is 9.53 Å².